The van der Waals surface area contributed by atoms with Gasteiger partial charge in [-0.05, 0) is 12.6 Å². The highest BCUT2D eigenvalue weighted by Crippen LogP contribution is 2.14. The minimum absolute atomic E-state index is 0.226. The van der Waals surface area contributed by atoms with E-state index in [-0.39, 0.29) is 6.04 Å². The highest BCUT2D eigenvalue weighted by Gasteiger charge is 2.11. The third-order valence-corrected chi connectivity index (χ3v) is 2.33. The van der Waals surface area contributed by atoms with E-state index < -0.39 is 0 Å². The van der Waals surface area contributed by atoms with Crippen molar-refractivity contribution in [1.29, 1.82) is 0 Å². The van der Waals surface area contributed by atoms with Gasteiger partial charge in [0.2, 0.25) is 0 Å². The molecule has 0 saturated carbocycles. The van der Waals surface area contributed by atoms with Crippen molar-refractivity contribution in [2.75, 3.05) is 7.05 Å². The number of benzene rings is 1. The van der Waals surface area contributed by atoms with E-state index >= 15 is 0 Å². The number of hydrogen-bond donors (Lipinski definition) is 2. The summed E-state index contributed by atoms with van der Waals surface area (Å²) in [6.45, 7) is 0. The minimum Gasteiger partial charge on any atom is -0.313 e. The van der Waals surface area contributed by atoms with Gasteiger partial charge in [-0.3, -0.25) is 0 Å². The monoisotopic (exact) mass is 203 g/mol. The number of hydrogen-bond acceptors (Lipinski definition) is 4. The second-order valence-corrected chi connectivity index (χ2v) is 3.28. The van der Waals surface area contributed by atoms with E-state index in [0.717, 1.165) is 12.2 Å². The zero-order valence-corrected chi connectivity index (χ0v) is 8.51. The number of aromatic amines is 1. The predicted molar refractivity (Wildman–Crippen MR) is 56.1 cm³/mol. The molecule has 0 saturated heterocycles. The molecule has 0 aliphatic heterocycles. The van der Waals surface area contributed by atoms with Crippen molar-refractivity contribution in [1.82, 2.24) is 25.9 Å². The zero-order valence-electron chi connectivity index (χ0n) is 8.51. The Hall–Kier alpha value is -1.75. The first-order valence-corrected chi connectivity index (χ1v) is 4.84. The highest BCUT2D eigenvalue weighted by molar-refractivity contribution is 5.19. The van der Waals surface area contributed by atoms with E-state index in [4.69, 9.17) is 0 Å². The molecule has 1 atom stereocenters. The van der Waals surface area contributed by atoms with Gasteiger partial charge in [0.1, 0.15) is 0 Å². The fourth-order valence-electron chi connectivity index (χ4n) is 1.52. The van der Waals surface area contributed by atoms with Gasteiger partial charge in [-0.15, -0.1) is 10.2 Å². The van der Waals surface area contributed by atoms with Crippen molar-refractivity contribution < 1.29 is 0 Å². The lowest BCUT2D eigenvalue weighted by Gasteiger charge is -2.14. The predicted octanol–water partition coefficient (Wildman–Crippen LogP) is 0.703. The molecule has 0 aliphatic rings. The molecule has 1 aromatic carbocycles. The van der Waals surface area contributed by atoms with Gasteiger partial charge in [0.05, 0.1) is 0 Å². The molecule has 0 spiro atoms. The molecule has 0 unspecified atom stereocenters. The summed E-state index contributed by atoms with van der Waals surface area (Å²) in [5.74, 6) is 0.721. The van der Waals surface area contributed by atoms with Crippen LogP contribution in [-0.2, 0) is 6.42 Å². The fourth-order valence-corrected chi connectivity index (χ4v) is 1.52. The fraction of sp³-hybridized carbons (Fsp3) is 0.300. The molecule has 15 heavy (non-hydrogen) atoms. The Labute approximate surface area is 87.9 Å². The molecule has 2 aromatic rings. The van der Waals surface area contributed by atoms with E-state index in [1.165, 1.54) is 5.56 Å². The topological polar surface area (TPSA) is 66.5 Å². The zero-order chi connectivity index (χ0) is 10.5. The van der Waals surface area contributed by atoms with Crippen molar-refractivity contribution in [3.05, 3.63) is 41.7 Å². The Morgan fingerprint density at radius 2 is 2.13 bits per heavy atom. The molecule has 5 heteroatoms. The molecule has 1 aromatic heterocycles. The molecule has 0 radical (unpaired) electrons. The SMILES string of the molecule is CN[C@@H](Cc1nn[nH]n1)c1ccccc1. The Balaban J connectivity index is 2.12. The van der Waals surface area contributed by atoms with Crippen LogP contribution in [0.4, 0.5) is 0 Å². The van der Waals surface area contributed by atoms with Crippen LogP contribution in [0.15, 0.2) is 30.3 Å². The Morgan fingerprint density at radius 3 is 2.73 bits per heavy atom. The largest absolute Gasteiger partial charge is 0.313 e. The van der Waals surface area contributed by atoms with E-state index in [1.807, 2.05) is 25.2 Å². The third kappa shape index (κ3) is 2.38. The number of likely N-dealkylation sites (N-methyl/N-ethyl adjacent to an activating group) is 1. The lowest BCUT2D eigenvalue weighted by molar-refractivity contribution is 0.575. The van der Waals surface area contributed by atoms with Crippen molar-refractivity contribution in [3.63, 3.8) is 0 Å². The molecule has 0 amide bonds. The van der Waals surface area contributed by atoms with Crippen molar-refractivity contribution in [2.45, 2.75) is 12.5 Å². The molecule has 78 valence electrons. The summed E-state index contributed by atoms with van der Waals surface area (Å²) in [4.78, 5) is 0. The standard InChI is InChI=1S/C10H13N5/c1-11-9(7-10-12-14-15-13-10)8-5-3-2-4-6-8/h2-6,9,11H,7H2,1H3,(H,12,13,14,15)/t9-/m0/s1. The Kier molecular flexibility index (Phi) is 3.04. The van der Waals surface area contributed by atoms with Crippen molar-refractivity contribution >= 4 is 0 Å². The molecule has 5 nitrogen and oxygen atoms in total. The summed E-state index contributed by atoms with van der Waals surface area (Å²) in [5, 5.41) is 17.1. The van der Waals surface area contributed by atoms with Crippen LogP contribution in [0.1, 0.15) is 17.4 Å². The van der Waals surface area contributed by atoms with Gasteiger partial charge >= 0.3 is 0 Å². The molecule has 0 bridgehead atoms. The van der Waals surface area contributed by atoms with Crippen LogP contribution < -0.4 is 5.32 Å². The third-order valence-electron chi connectivity index (χ3n) is 2.33. The Morgan fingerprint density at radius 1 is 1.33 bits per heavy atom. The van der Waals surface area contributed by atoms with Crippen LogP contribution in [0.5, 0.6) is 0 Å². The molecule has 0 aliphatic carbocycles. The molecule has 0 fully saturated rings. The number of tetrazole rings is 1. The summed E-state index contributed by atoms with van der Waals surface area (Å²) in [5.41, 5.74) is 1.23. The molecule has 2 N–H and O–H groups in total. The molecular weight excluding hydrogens is 190 g/mol. The normalized spacial score (nSPS) is 12.6. The number of nitrogens with one attached hydrogen (secondary N) is 2. The second-order valence-electron chi connectivity index (χ2n) is 3.28. The van der Waals surface area contributed by atoms with Gasteiger partial charge in [0.25, 0.3) is 0 Å². The highest BCUT2D eigenvalue weighted by atomic mass is 15.5. The van der Waals surface area contributed by atoms with Gasteiger partial charge in [0, 0.05) is 12.5 Å². The van der Waals surface area contributed by atoms with Gasteiger partial charge in [-0.1, -0.05) is 35.5 Å². The minimum atomic E-state index is 0.226. The van der Waals surface area contributed by atoms with E-state index in [1.54, 1.807) is 0 Å². The maximum Gasteiger partial charge on any atom is 0.176 e. The van der Waals surface area contributed by atoms with E-state index in [0.29, 0.717) is 0 Å². The summed E-state index contributed by atoms with van der Waals surface area (Å²) < 4.78 is 0. The van der Waals surface area contributed by atoms with Crippen molar-refractivity contribution in [2.24, 2.45) is 0 Å². The summed E-state index contributed by atoms with van der Waals surface area (Å²) >= 11 is 0. The van der Waals surface area contributed by atoms with E-state index in [2.05, 4.69) is 38.1 Å². The van der Waals surface area contributed by atoms with Crippen LogP contribution in [0.3, 0.4) is 0 Å². The quantitative estimate of drug-likeness (QED) is 0.767. The lowest BCUT2D eigenvalue weighted by atomic mass is 10.0. The number of H-pyrrole nitrogens is 1. The number of rotatable bonds is 4. The first-order chi connectivity index (χ1) is 7.40. The average molecular weight is 203 g/mol. The second kappa shape index (κ2) is 4.65. The first kappa shape index (κ1) is 9.79. The van der Waals surface area contributed by atoms with Crippen molar-refractivity contribution in [3.8, 4) is 0 Å². The van der Waals surface area contributed by atoms with Gasteiger partial charge in [0.15, 0.2) is 5.82 Å². The average Bonchev–Trinajstić information content (AvgIpc) is 2.80. The van der Waals surface area contributed by atoms with Crippen LogP contribution in [0.25, 0.3) is 0 Å². The van der Waals surface area contributed by atoms with Crippen LogP contribution in [-0.4, -0.2) is 27.7 Å². The number of nitrogens with zero attached hydrogens (tertiary/aromatic N) is 3. The summed E-state index contributed by atoms with van der Waals surface area (Å²) in [7, 11) is 1.93. The maximum atomic E-state index is 3.94. The summed E-state index contributed by atoms with van der Waals surface area (Å²) in [6.07, 6.45) is 0.733. The van der Waals surface area contributed by atoms with Gasteiger partial charge < -0.3 is 5.32 Å². The number of aromatic nitrogens is 4. The van der Waals surface area contributed by atoms with Crippen LogP contribution >= 0.6 is 0 Å². The first-order valence-electron chi connectivity index (χ1n) is 4.84. The van der Waals surface area contributed by atoms with Crippen LogP contribution in [0.2, 0.25) is 0 Å². The lowest BCUT2D eigenvalue weighted by Crippen LogP contribution is -2.19. The smallest absolute Gasteiger partial charge is 0.176 e. The van der Waals surface area contributed by atoms with E-state index in [9.17, 15) is 0 Å². The van der Waals surface area contributed by atoms with Crippen LogP contribution in [0, 0.1) is 0 Å². The summed E-state index contributed by atoms with van der Waals surface area (Å²) in [6, 6.07) is 10.4. The molecular formula is C10H13N5. The molecule has 1 heterocycles. The maximum absolute atomic E-state index is 3.94. The van der Waals surface area contributed by atoms with Gasteiger partial charge in [-0.25, -0.2) is 0 Å². The molecule has 2 rings (SSSR count). The Bertz CT molecular complexity index is 383. The van der Waals surface area contributed by atoms with Gasteiger partial charge in [-0.2, -0.15) is 5.21 Å².